The Morgan fingerprint density at radius 3 is 2.33 bits per heavy atom. The first-order valence-electron chi connectivity index (χ1n) is 21.9. The minimum absolute atomic E-state index is 0.00666. The molecule has 2 amide bonds. The van der Waals surface area contributed by atoms with Gasteiger partial charge in [0, 0.05) is 74.2 Å². The highest BCUT2D eigenvalue weighted by Crippen LogP contribution is 2.40. The van der Waals surface area contributed by atoms with Crippen LogP contribution < -0.4 is 19.7 Å². The first kappa shape index (κ1) is 49.0. The molecule has 16 nitrogen and oxygen atoms in total. The predicted octanol–water partition coefficient (Wildman–Crippen LogP) is 8.14. The number of hydrogen-bond acceptors (Lipinski definition) is 12. The number of nitrogens with zero attached hydrogens (tertiary/aromatic N) is 4. The van der Waals surface area contributed by atoms with E-state index in [1.807, 2.05) is 50.9 Å². The van der Waals surface area contributed by atoms with Crippen molar-refractivity contribution in [3.05, 3.63) is 126 Å². The van der Waals surface area contributed by atoms with E-state index in [-0.39, 0.29) is 42.6 Å². The number of sulfonamides is 1. The number of pyridine rings is 1. The second-order valence-electron chi connectivity index (χ2n) is 16.7. The molecule has 1 unspecified atom stereocenters. The first-order chi connectivity index (χ1) is 32.9. The van der Waals surface area contributed by atoms with E-state index in [1.54, 1.807) is 42.6 Å². The van der Waals surface area contributed by atoms with Crippen molar-refractivity contribution >= 4 is 65.9 Å². The van der Waals surface area contributed by atoms with Crippen molar-refractivity contribution in [2.45, 2.75) is 40.7 Å². The lowest BCUT2D eigenvalue weighted by atomic mass is 9.84. The van der Waals surface area contributed by atoms with Crippen molar-refractivity contribution in [1.82, 2.24) is 24.5 Å². The van der Waals surface area contributed by atoms with Gasteiger partial charge in [0.05, 0.1) is 28.4 Å². The van der Waals surface area contributed by atoms with E-state index in [2.05, 4.69) is 15.3 Å². The Bertz CT molecular complexity index is 3070. The third-order valence-electron chi connectivity index (χ3n) is 12.3. The number of H-pyrrole nitrogens is 1. The smallest absolute Gasteiger partial charge is 0.465 e. The van der Waals surface area contributed by atoms with Gasteiger partial charge in [-0.05, 0) is 103 Å². The van der Waals surface area contributed by atoms with Crippen LogP contribution in [0.15, 0.2) is 119 Å². The van der Waals surface area contributed by atoms with Crippen molar-refractivity contribution in [3.63, 3.8) is 0 Å². The molecule has 8 rings (SSSR count). The van der Waals surface area contributed by atoms with Crippen LogP contribution in [-0.2, 0) is 19.9 Å². The van der Waals surface area contributed by atoms with Crippen molar-refractivity contribution in [2.75, 3.05) is 62.6 Å². The molecule has 0 spiro atoms. The molecule has 5 N–H and O–H groups in total. The van der Waals surface area contributed by atoms with Crippen LogP contribution in [0.3, 0.4) is 0 Å². The second kappa shape index (κ2) is 20.3. The number of rotatable bonds is 15. The molecule has 364 valence electrons. The van der Waals surface area contributed by atoms with Crippen molar-refractivity contribution in [3.8, 4) is 22.6 Å². The highest BCUT2D eigenvalue weighted by molar-refractivity contribution is 7.92. The Balaban J connectivity index is 1.00. The molecule has 6 aromatic rings. The molecule has 22 heteroatoms. The summed E-state index contributed by atoms with van der Waals surface area (Å²) >= 11 is 6.13. The molecular formula is C47H47ClF3N7O9S2. The Hall–Kier alpha value is -6.39. The average Bonchev–Trinajstić information content (AvgIpc) is 3.81. The van der Waals surface area contributed by atoms with Crippen LogP contribution in [0.2, 0.25) is 5.02 Å². The van der Waals surface area contributed by atoms with Crippen LogP contribution in [0.25, 0.3) is 22.2 Å². The summed E-state index contributed by atoms with van der Waals surface area (Å²) in [7, 11) is -11.1. The fraction of sp³-hybridized carbons (Fsp3) is 0.298. The molecular weight excluding hydrogens is 963 g/mol. The highest BCUT2D eigenvalue weighted by Gasteiger charge is 2.48. The summed E-state index contributed by atoms with van der Waals surface area (Å²) in [5.74, 6) is -1.21. The molecule has 0 saturated carbocycles. The lowest BCUT2D eigenvalue weighted by Crippen LogP contribution is -2.48. The number of ether oxygens (including phenoxy) is 1. The fourth-order valence-corrected chi connectivity index (χ4v) is 10.7. The van der Waals surface area contributed by atoms with Gasteiger partial charge in [0.25, 0.3) is 25.8 Å². The largest absolute Gasteiger partial charge is 0.501 e. The molecule has 2 aliphatic rings. The summed E-state index contributed by atoms with van der Waals surface area (Å²) in [6, 6.07) is 25.1. The number of piperazine rings is 1. The number of benzene rings is 4. The molecule has 4 heterocycles. The number of halogens is 4. The quantitative estimate of drug-likeness (QED) is 0.0616. The Labute approximate surface area is 400 Å². The number of hydrogen-bond donors (Lipinski definition) is 5. The van der Waals surface area contributed by atoms with E-state index >= 15 is 0 Å². The molecule has 2 fully saturated rings. The highest BCUT2D eigenvalue weighted by atomic mass is 35.5. The molecule has 4 aromatic carbocycles. The number of sulfone groups is 1. The van der Waals surface area contributed by atoms with E-state index in [1.165, 1.54) is 17.2 Å². The monoisotopic (exact) mass is 1010 g/mol. The number of aliphatic hydroxyl groups is 1. The molecule has 0 aliphatic carbocycles. The number of aromatic amines is 1. The van der Waals surface area contributed by atoms with Gasteiger partial charge in [0.2, 0.25) is 0 Å². The van der Waals surface area contributed by atoms with E-state index in [9.17, 15) is 49.8 Å². The standard InChI is InChI=1S/C47H47ClF3N7O9S2/c48-33-8-6-30(7-9-33)37-4-1-2-5-38(37)43(59)31-15-20-57(21-16-31)34-10-12-39(41(27-34)67-35-26-32-14-18-53-44(32)54-29-35)45(60)55-69(65,66)36-11-13-40(42(28-36)68(63,64)47(49,50)51)52-17-3-19-56-22-24-58(25-23-56)46(61)62/h1-2,4-14,18,26-29,31,43,52,59H,3,15-17,19-25H2,(H,53,54)(H,55,60)(H,61,62). The van der Waals surface area contributed by atoms with Crippen LogP contribution in [0.1, 0.15) is 41.3 Å². The zero-order valence-electron chi connectivity index (χ0n) is 36.7. The van der Waals surface area contributed by atoms with Crippen molar-refractivity contribution in [2.24, 2.45) is 5.92 Å². The number of carboxylic acid groups (broad SMARTS) is 1. The van der Waals surface area contributed by atoms with Crippen LogP contribution in [-0.4, -0.2) is 117 Å². The number of aliphatic hydroxyl groups excluding tert-OH is 1. The number of nitrogens with one attached hydrogen (secondary N) is 3. The summed E-state index contributed by atoms with van der Waals surface area (Å²) < 4.78 is 103. The van der Waals surface area contributed by atoms with Crippen LogP contribution in [0, 0.1) is 5.92 Å². The average molecular weight is 1010 g/mol. The van der Waals surface area contributed by atoms with Crippen LogP contribution >= 0.6 is 11.6 Å². The molecule has 1 atom stereocenters. The summed E-state index contributed by atoms with van der Waals surface area (Å²) in [5.41, 5.74) is -2.81. The molecule has 2 saturated heterocycles. The molecule has 0 bridgehead atoms. The lowest BCUT2D eigenvalue weighted by molar-refractivity contribution is -0.0436. The zero-order valence-corrected chi connectivity index (χ0v) is 39.1. The SMILES string of the molecule is O=C(NS(=O)(=O)c1ccc(NCCCN2CCN(C(=O)O)CC2)c(S(=O)(=O)C(F)(F)F)c1)c1ccc(N2CCC(C(O)c3ccccc3-c3ccc(Cl)cc3)CC2)cc1Oc1cnc2[nH]ccc2c1. The number of carbonyl (C=O) groups excluding carboxylic acids is 1. The first-order valence-corrected chi connectivity index (χ1v) is 25.2. The van der Waals surface area contributed by atoms with Gasteiger partial charge in [-0.2, -0.15) is 13.2 Å². The van der Waals surface area contributed by atoms with E-state index in [0.717, 1.165) is 28.8 Å². The van der Waals surface area contributed by atoms with E-state index < -0.39 is 59.0 Å². The van der Waals surface area contributed by atoms with E-state index in [4.69, 9.17) is 16.3 Å². The van der Waals surface area contributed by atoms with Crippen LogP contribution in [0.4, 0.5) is 29.3 Å². The van der Waals surface area contributed by atoms with Crippen molar-refractivity contribution < 1.29 is 54.5 Å². The Morgan fingerprint density at radius 1 is 0.899 bits per heavy atom. The molecule has 0 radical (unpaired) electrons. The maximum Gasteiger partial charge on any atom is 0.501 e. The van der Waals surface area contributed by atoms with Crippen molar-refractivity contribution in [1.29, 1.82) is 0 Å². The predicted molar refractivity (Wildman–Crippen MR) is 253 cm³/mol. The van der Waals surface area contributed by atoms with Gasteiger partial charge in [-0.1, -0.05) is 48.0 Å². The summed E-state index contributed by atoms with van der Waals surface area (Å²) in [4.78, 5) is 35.5. The Kier molecular flexibility index (Phi) is 14.4. The number of fused-ring (bicyclic) bond motifs is 1. The van der Waals surface area contributed by atoms with Gasteiger partial charge in [0.1, 0.15) is 22.0 Å². The van der Waals surface area contributed by atoms with Gasteiger partial charge < -0.3 is 35.1 Å². The second-order valence-corrected chi connectivity index (χ2v) is 20.7. The molecule has 69 heavy (non-hydrogen) atoms. The third-order valence-corrected chi connectivity index (χ3v) is 15.4. The number of alkyl halides is 3. The van der Waals surface area contributed by atoms with Gasteiger partial charge in [-0.3, -0.25) is 9.69 Å². The number of aromatic nitrogens is 2. The maximum atomic E-state index is 14.0. The Morgan fingerprint density at radius 2 is 1.62 bits per heavy atom. The minimum Gasteiger partial charge on any atom is -0.465 e. The third kappa shape index (κ3) is 11.1. The zero-order chi connectivity index (χ0) is 49.1. The number of piperidine rings is 1. The normalized spacial score (nSPS) is 15.8. The topological polar surface area (TPSA) is 215 Å². The minimum atomic E-state index is -6.11. The summed E-state index contributed by atoms with van der Waals surface area (Å²) in [6.07, 6.45) is 2.78. The van der Waals surface area contributed by atoms with Gasteiger partial charge in [0.15, 0.2) is 0 Å². The van der Waals surface area contributed by atoms with Gasteiger partial charge in [-0.25, -0.2) is 31.3 Å². The van der Waals surface area contributed by atoms with Gasteiger partial charge >= 0.3 is 11.6 Å². The number of carbonyl (C=O) groups is 2. The lowest BCUT2D eigenvalue weighted by Gasteiger charge is -2.36. The molecule has 2 aliphatic heterocycles. The number of amides is 2. The number of anilines is 2. The summed E-state index contributed by atoms with van der Waals surface area (Å²) in [5, 5.41) is 24.8. The fourth-order valence-electron chi connectivity index (χ4n) is 8.54. The summed E-state index contributed by atoms with van der Waals surface area (Å²) in [6.45, 7) is 2.85. The van der Waals surface area contributed by atoms with Crippen LogP contribution in [0.5, 0.6) is 11.5 Å². The maximum absolute atomic E-state index is 14.0. The molecule has 2 aromatic heterocycles. The van der Waals surface area contributed by atoms with Gasteiger partial charge in [-0.15, -0.1) is 0 Å². The van der Waals surface area contributed by atoms with E-state index in [0.29, 0.717) is 79.8 Å².